The fourth-order valence-corrected chi connectivity index (χ4v) is 1.96. The zero-order valence-corrected chi connectivity index (χ0v) is 8.52. The highest BCUT2D eigenvalue weighted by Gasteiger charge is 2.27. The molecule has 1 amide bonds. The molecule has 1 atom stereocenters. The summed E-state index contributed by atoms with van der Waals surface area (Å²) in [4.78, 5) is 13.6. The molecule has 1 fully saturated rings. The van der Waals surface area contributed by atoms with Gasteiger partial charge in [-0.2, -0.15) is 15.4 Å². The van der Waals surface area contributed by atoms with Crippen molar-refractivity contribution in [1.82, 2.24) is 20.3 Å². The van der Waals surface area contributed by atoms with E-state index in [0.29, 0.717) is 18.2 Å². The highest BCUT2D eigenvalue weighted by Crippen LogP contribution is 2.20. The minimum absolute atomic E-state index is 0.0386. The highest BCUT2D eigenvalue weighted by atomic mass is 16.2. The molecule has 6 heteroatoms. The first-order valence-electron chi connectivity index (χ1n) is 5.16. The molecule has 0 spiro atoms. The van der Waals surface area contributed by atoms with Crippen LogP contribution in [0.2, 0.25) is 0 Å². The maximum Gasteiger partial charge on any atom is 0.276 e. The van der Waals surface area contributed by atoms with E-state index in [1.807, 2.05) is 4.90 Å². The van der Waals surface area contributed by atoms with Crippen molar-refractivity contribution < 1.29 is 4.79 Å². The molecule has 2 heterocycles. The maximum atomic E-state index is 11.8. The first-order chi connectivity index (χ1) is 7.31. The summed E-state index contributed by atoms with van der Waals surface area (Å²) in [6.07, 6.45) is 3.49. The van der Waals surface area contributed by atoms with Crippen molar-refractivity contribution in [3.63, 3.8) is 0 Å². The molecule has 3 N–H and O–H groups in total. The SMILES string of the molecule is NCCC1CCN(C(=O)c2cn[nH]n2)C1. The van der Waals surface area contributed by atoms with Gasteiger partial charge in [-0.25, -0.2) is 0 Å². The lowest BCUT2D eigenvalue weighted by Gasteiger charge is -2.14. The molecule has 2 rings (SSSR count). The molecule has 15 heavy (non-hydrogen) atoms. The van der Waals surface area contributed by atoms with Crippen LogP contribution in [0.3, 0.4) is 0 Å². The molecule has 0 radical (unpaired) electrons. The molecule has 0 bridgehead atoms. The van der Waals surface area contributed by atoms with E-state index in [2.05, 4.69) is 15.4 Å². The number of amides is 1. The molecule has 6 nitrogen and oxygen atoms in total. The number of hydrogen-bond donors (Lipinski definition) is 2. The van der Waals surface area contributed by atoms with Gasteiger partial charge in [0.05, 0.1) is 6.20 Å². The van der Waals surface area contributed by atoms with Gasteiger partial charge in [0.1, 0.15) is 0 Å². The molecule has 1 aromatic heterocycles. The summed E-state index contributed by atoms with van der Waals surface area (Å²) in [7, 11) is 0. The molecule has 1 aromatic rings. The Morgan fingerprint density at radius 2 is 2.60 bits per heavy atom. The Balaban J connectivity index is 1.93. The van der Waals surface area contributed by atoms with E-state index in [0.717, 1.165) is 25.9 Å². The van der Waals surface area contributed by atoms with E-state index >= 15 is 0 Å². The zero-order valence-electron chi connectivity index (χ0n) is 8.52. The summed E-state index contributed by atoms with van der Waals surface area (Å²) in [5, 5.41) is 9.85. The Hall–Kier alpha value is -1.43. The van der Waals surface area contributed by atoms with Gasteiger partial charge in [0.25, 0.3) is 5.91 Å². The lowest BCUT2D eigenvalue weighted by molar-refractivity contribution is 0.0781. The number of rotatable bonds is 3. The standard InChI is InChI=1S/C9H15N5O/c10-3-1-7-2-4-14(6-7)9(15)8-5-11-13-12-8/h5,7H,1-4,6,10H2,(H,11,12,13). The first kappa shape index (κ1) is 10.1. The molecule has 1 aliphatic rings. The minimum atomic E-state index is -0.0386. The molecular formula is C9H15N5O. The van der Waals surface area contributed by atoms with Gasteiger partial charge in [-0.3, -0.25) is 4.79 Å². The van der Waals surface area contributed by atoms with Crippen molar-refractivity contribution in [2.24, 2.45) is 11.7 Å². The van der Waals surface area contributed by atoms with Crippen molar-refractivity contribution in [2.45, 2.75) is 12.8 Å². The van der Waals surface area contributed by atoms with Gasteiger partial charge >= 0.3 is 0 Å². The first-order valence-corrected chi connectivity index (χ1v) is 5.16. The van der Waals surface area contributed by atoms with Gasteiger partial charge in [-0.15, -0.1) is 0 Å². The number of H-pyrrole nitrogens is 1. The van der Waals surface area contributed by atoms with Gasteiger partial charge < -0.3 is 10.6 Å². The van der Waals surface area contributed by atoms with E-state index < -0.39 is 0 Å². The number of carbonyl (C=O) groups excluding carboxylic acids is 1. The molecule has 1 aliphatic heterocycles. The molecule has 0 aliphatic carbocycles. The average molecular weight is 209 g/mol. The molecule has 0 saturated carbocycles. The smallest absolute Gasteiger partial charge is 0.276 e. The van der Waals surface area contributed by atoms with Crippen LogP contribution >= 0.6 is 0 Å². The Kier molecular flexibility index (Phi) is 2.96. The Labute approximate surface area is 87.8 Å². The second-order valence-corrected chi connectivity index (χ2v) is 3.84. The van der Waals surface area contributed by atoms with Gasteiger partial charge in [0, 0.05) is 13.1 Å². The highest BCUT2D eigenvalue weighted by molar-refractivity contribution is 5.92. The fourth-order valence-electron chi connectivity index (χ4n) is 1.96. The van der Waals surface area contributed by atoms with E-state index in [4.69, 9.17) is 5.73 Å². The normalized spacial score (nSPS) is 20.9. The number of hydrogen-bond acceptors (Lipinski definition) is 4. The van der Waals surface area contributed by atoms with E-state index in [9.17, 15) is 4.79 Å². The van der Waals surface area contributed by atoms with Crippen LogP contribution in [0, 0.1) is 5.92 Å². The van der Waals surface area contributed by atoms with Gasteiger partial charge in [-0.1, -0.05) is 0 Å². The van der Waals surface area contributed by atoms with Crippen LogP contribution in [-0.2, 0) is 0 Å². The third-order valence-corrected chi connectivity index (χ3v) is 2.78. The quantitative estimate of drug-likeness (QED) is 0.710. The van der Waals surface area contributed by atoms with E-state index in [1.54, 1.807) is 0 Å². The lowest BCUT2D eigenvalue weighted by atomic mass is 10.1. The van der Waals surface area contributed by atoms with Crippen molar-refractivity contribution >= 4 is 5.91 Å². The van der Waals surface area contributed by atoms with Gasteiger partial charge in [0.15, 0.2) is 5.69 Å². The van der Waals surface area contributed by atoms with Crippen LogP contribution in [0.15, 0.2) is 6.20 Å². The third-order valence-electron chi connectivity index (χ3n) is 2.78. The summed E-state index contributed by atoms with van der Waals surface area (Å²) >= 11 is 0. The molecular weight excluding hydrogens is 194 g/mol. The molecule has 1 saturated heterocycles. The van der Waals surface area contributed by atoms with Crippen LogP contribution in [0.5, 0.6) is 0 Å². The van der Waals surface area contributed by atoms with Crippen molar-refractivity contribution in [3.05, 3.63) is 11.9 Å². The predicted molar refractivity (Wildman–Crippen MR) is 54.1 cm³/mol. The number of nitrogens with zero attached hydrogens (tertiary/aromatic N) is 3. The van der Waals surface area contributed by atoms with E-state index in [-0.39, 0.29) is 5.91 Å². The van der Waals surface area contributed by atoms with Crippen molar-refractivity contribution in [1.29, 1.82) is 0 Å². The number of nitrogens with two attached hydrogens (primary N) is 1. The number of nitrogens with one attached hydrogen (secondary N) is 1. The monoisotopic (exact) mass is 209 g/mol. The Morgan fingerprint density at radius 3 is 3.27 bits per heavy atom. The Bertz CT molecular complexity index is 323. The number of likely N-dealkylation sites (tertiary alicyclic amines) is 1. The topological polar surface area (TPSA) is 87.9 Å². The fraction of sp³-hybridized carbons (Fsp3) is 0.667. The van der Waals surface area contributed by atoms with Crippen molar-refractivity contribution in [2.75, 3.05) is 19.6 Å². The maximum absolute atomic E-state index is 11.8. The molecule has 82 valence electrons. The third kappa shape index (κ3) is 2.15. The number of aromatic nitrogens is 3. The number of aromatic amines is 1. The summed E-state index contributed by atoms with van der Waals surface area (Å²) in [5.74, 6) is 0.508. The van der Waals surface area contributed by atoms with Crippen LogP contribution in [0.4, 0.5) is 0 Å². The summed E-state index contributed by atoms with van der Waals surface area (Å²) < 4.78 is 0. The average Bonchev–Trinajstić information content (AvgIpc) is 2.87. The largest absolute Gasteiger partial charge is 0.337 e. The van der Waals surface area contributed by atoms with Crippen molar-refractivity contribution in [3.8, 4) is 0 Å². The number of carbonyl (C=O) groups is 1. The van der Waals surface area contributed by atoms with E-state index in [1.165, 1.54) is 6.20 Å². The summed E-state index contributed by atoms with van der Waals surface area (Å²) in [5.41, 5.74) is 5.89. The van der Waals surface area contributed by atoms with Crippen LogP contribution in [-0.4, -0.2) is 45.9 Å². The van der Waals surface area contributed by atoms with Gasteiger partial charge in [0.2, 0.25) is 0 Å². The van der Waals surface area contributed by atoms with Gasteiger partial charge in [-0.05, 0) is 25.3 Å². The molecule has 0 aromatic carbocycles. The van der Waals surface area contributed by atoms with Crippen LogP contribution in [0.1, 0.15) is 23.3 Å². The summed E-state index contributed by atoms with van der Waals surface area (Å²) in [6, 6.07) is 0. The molecule has 1 unspecified atom stereocenters. The zero-order chi connectivity index (χ0) is 10.7. The van der Waals surface area contributed by atoms with Crippen LogP contribution < -0.4 is 5.73 Å². The predicted octanol–water partition coefficient (Wildman–Crippen LogP) is -0.384. The Morgan fingerprint density at radius 1 is 1.73 bits per heavy atom. The minimum Gasteiger partial charge on any atom is -0.337 e. The van der Waals surface area contributed by atoms with Crippen LogP contribution in [0.25, 0.3) is 0 Å². The lowest BCUT2D eigenvalue weighted by Crippen LogP contribution is -2.29. The summed E-state index contributed by atoms with van der Waals surface area (Å²) in [6.45, 7) is 2.29. The second-order valence-electron chi connectivity index (χ2n) is 3.84. The second kappa shape index (κ2) is 4.39.